The Morgan fingerprint density at radius 3 is 2.69 bits per heavy atom. The molecule has 0 amide bonds. The third-order valence-corrected chi connectivity index (χ3v) is 2.83. The summed E-state index contributed by atoms with van der Waals surface area (Å²) >= 11 is 0. The van der Waals surface area contributed by atoms with Gasteiger partial charge >= 0.3 is 6.10 Å². The van der Waals surface area contributed by atoms with E-state index < -0.39 is 6.10 Å². The lowest BCUT2D eigenvalue weighted by Gasteiger charge is -2.31. The third kappa shape index (κ3) is 2.14. The number of aromatic amines is 1. The highest BCUT2D eigenvalue weighted by Gasteiger charge is 2.39. The van der Waals surface area contributed by atoms with Gasteiger partial charge in [0, 0.05) is 24.8 Å². The Morgan fingerprint density at radius 1 is 1.38 bits per heavy atom. The monoisotopic (exact) mass is 226 g/mol. The molecule has 16 heavy (non-hydrogen) atoms. The molecule has 0 bridgehead atoms. The van der Waals surface area contributed by atoms with E-state index in [0.29, 0.717) is 13.0 Å². The van der Waals surface area contributed by atoms with Gasteiger partial charge in [0.05, 0.1) is 0 Å². The first kappa shape index (κ1) is 11.3. The summed E-state index contributed by atoms with van der Waals surface area (Å²) in [5.74, 6) is 0. The molecule has 2 rings (SSSR count). The summed E-state index contributed by atoms with van der Waals surface area (Å²) < 4.78 is 0. The van der Waals surface area contributed by atoms with Gasteiger partial charge < -0.3 is 20.3 Å². The quantitative estimate of drug-likeness (QED) is 0.490. The number of aromatic nitrogens is 1. The predicted octanol–water partition coefficient (Wildman–Crippen LogP) is -0.900. The van der Waals surface area contributed by atoms with E-state index >= 15 is 0 Å². The molecule has 6 heteroatoms. The summed E-state index contributed by atoms with van der Waals surface area (Å²) in [5.41, 5.74) is 0.537. The lowest BCUT2D eigenvalue weighted by atomic mass is 10.1. The number of pyridine rings is 1. The van der Waals surface area contributed by atoms with E-state index in [1.54, 1.807) is 6.07 Å². The summed E-state index contributed by atoms with van der Waals surface area (Å²) in [6.45, 7) is 0.396. The van der Waals surface area contributed by atoms with Crippen LogP contribution in [0.15, 0.2) is 23.1 Å². The topological polar surface area (TPSA) is 96.8 Å². The zero-order valence-electron chi connectivity index (χ0n) is 8.63. The maximum absolute atomic E-state index is 10.9. The summed E-state index contributed by atoms with van der Waals surface area (Å²) in [6.07, 6.45) is 0.178. The van der Waals surface area contributed by atoms with E-state index in [9.17, 15) is 4.79 Å². The van der Waals surface area contributed by atoms with Crippen molar-refractivity contribution in [2.75, 3.05) is 6.54 Å². The van der Waals surface area contributed by atoms with E-state index in [1.807, 2.05) is 0 Å². The highest BCUT2D eigenvalue weighted by atomic mass is 16.7. The van der Waals surface area contributed by atoms with Gasteiger partial charge in [-0.2, -0.15) is 0 Å². The zero-order valence-corrected chi connectivity index (χ0v) is 8.63. The summed E-state index contributed by atoms with van der Waals surface area (Å²) in [6, 6.07) is 2.70. The molecule has 0 saturated carbocycles. The summed E-state index contributed by atoms with van der Waals surface area (Å²) in [4.78, 5) is 14.6. The van der Waals surface area contributed by atoms with Crippen molar-refractivity contribution >= 4 is 0 Å². The summed E-state index contributed by atoms with van der Waals surface area (Å²) in [5, 5.41) is 27.5. The molecule has 4 N–H and O–H groups in total. The second-order valence-electron chi connectivity index (χ2n) is 3.94. The first-order chi connectivity index (χ1) is 7.48. The Labute approximate surface area is 91.8 Å². The number of nitrogens with zero attached hydrogens (tertiary/aromatic N) is 1. The van der Waals surface area contributed by atoms with Crippen LogP contribution in [0.3, 0.4) is 0 Å². The number of aliphatic hydroxyl groups is 3. The van der Waals surface area contributed by atoms with Gasteiger partial charge in [-0.1, -0.05) is 6.07 Å². The first-order valence-electron chi connectivity index (χ1n) is 5.11. The Morgan fingerprint density at radius 2 is 2.12 bits per heavy atom. The van der Waals surface area contributed by atoms with Gasteiger partial charge in [0.15, 0.2) is 0 Å². The van der Waals surface area contributed by atoms with E-state index in [2.05, 4.69) is 4.98 Å². The third-order valence-electron chi connectivity index (χ3n) is 2.83. The highest BCUT2D eigenvalue weighted by Crippen LogP contribution is 2.34. The van der Waals surface area contributed by atoms with E-state index in [4.69, 9.17) is 15.3 Å². The Bertz CT molecular complexity index is 403. The van der Waals surface area contributed by atoms with Crippen molar-refractivity contribution in [3.05, 3.63) is 34.2 Å². The van der Waals surface area contributed by atoms with Crippen LogP contribution < -0.4 is 5.56 Å². The molecule has 1 aliphatic rings. The maximum atomic E-state index is 10.9. The Kier molecular flexibility index (Phi) is 2.81. The van der Waals surface area contributed by atoms with E-state index in [1.165, 1.54) is 17.2 Å². The molecular weight excluding hydrogens is 212 g/mol. The van der Waals surface area contributed by atoms with E-state index in [0.717, 1.165) is 12.0 Å². The molecular formula is C10H14N2O4. The first-order valence-corrected chi connectivity index (χ1v) is 5.11. The van der Waals surface area contributed by atoms with Crippen LogP contribution in [0.5, 0.6) is 0 Å². The van der Waals surface area contributed by atoms with Gasteiger partial charge in [-0.05, 0) is 18.4 Å². The van der Waals surface area contributed by atoms with Crippen LogP contribution in [0, 0.1) is 0 Å². The smallest absolute Gasteiger partial charge is 0.330 e. The SMILES string of the molecule is O=c1ccc(C2CCCN2C(O)(O)O)c[nH]1. The van der Waals surface area contributed by atoms with Crippen LogP contribution in [0.25, 0.3) is 0 Å². The van der Waals surface area contributed by atoms with Gasteiger partial charge in [-0.15, -0.1) is 0 Å². The lowest BCUT2D eigenvalue weighted by Crippen LogP contribution is -2.48. The van der Waals surface area contributed by atoms with Crippen molar-refractivity contribution in [2.45, 2.75) is 25.0 Å². The molecule has 1 aromatic heterocycles. The van der Waals surface area contributed by atoms with Crippen molar-refractivity contribution in [2.24, 2.45) is 0 Å². The van der Waals surface area contributed by atoms with Crippen molar-refractivity contribution in [1.82, 2.24) is 9.88 Å². The van der Waals surface area contributed by atoms with E-state index in [-0.39, 0.29) is 11.6 Å². The van der Waals surface area contributed by atoms with Gasteiger partial charge in [-0.25, -0.2) is 4.90 Å². The molecule has 0 spiro atoms. The van der Waals surface area contributed by atoms with Crippen LogP contribution in [-0.4, -0.2) is 37.8 Å². The second kappa shape index (κ2) is 3.99. The molecule has 0 aliphatic carbocycles. The van der Waals surface area contributed by atoms with Crippen LogP contribution >= 0.6 is 0 Å². The molecule has 1 saturated heterocycles. The lowest BCUT2D eigenvalue weighted by molar-refractivity contribution is -0.397. The van der Waals surface area contributed by atoms with Crippen LogP contribution in [-0.2, 0) is 0 Å². The van der Waals surface area contributed by atoms with Crippen molar-refractivity contribution in [3.8, 4) is 0 Å². The molecule has 2 heterocycles. The minimum absolute atomic E-state index is 0.212. The fraction of sp³-hybridized carbons (Fsp3) is 0.500. The molecule has 0 radical (unpaired) electrons. The van der Waals surface area contributed by atoms with Crippen molar-refractivity contribution < 1.29 is 15.3 Å². The molecule has 88 valence electrons. The minimum Gasteiger partial charge on any atom is -0.330 e. The van der Waals surface area contributed by atoms with Gasteiger partial charge in [0.2, 0.25) is 5.56 Å². The Hall–Kier alpha value is -1.21. The molecule has 0 aromatic carbocycles. The Balaban J connectivity index is 2.26. The van der Waals surface area contributed by atoms with Crippen LogP contribution in [0.2, 0.25) is 0 Å². The van der Waals surface area contributed by atoms with Crippen molar-refractivity contribution in [3.63, 3.8) is 0 Å². The molecule has 1 atom stereocenters. The summed E-state index contributed by atoms with van der Waals surface area (Å²) in [7, 11) is 0. The standard InChI is InChI=1S/C10H14N2O4/c13-9-4-3-7(6-11-9)8-2-1-5-12(8)10(14,15)16/h3-4,6,8,14-16H,1-2,5H2,(H,11,13). The number of likely N-dealkylation sites (tertiary alicyclic amines) is 1. The predicted molar refractivity (Wildman–Crippen MR) is 55.1 cm³/mol. The fourth-order valence-electron chi connectivity index (χ4n) is 2.10. The average molecular weight is 226 g/mol. The van der Waals surface area contributed by atoms with Gasteiger partial charge in [0.25, 0.3) is 0 Å². The van der Waals surface area contributed by atoms with Crippen molar-refractivity contribution in [1.29, 1.82) is 0 Å². The number of hydrogen-bond acceptors (Lipinski definition) is 5. The molecule has 1 unspecified atom stereocenters. The highest BCUT2D eigenvalue weighted by molar-refractivity contribution is 5.15. The zero-order chi connectivity index (χ0) is 11.8. The molecule has 1 fully saturated rings. The minimum atomic E-state index is -2.81. The number of hydrogen-bond donors (Lipinski definition) is 4. The largest absolute Gasteiger partial charge is 0.346 e. The fourth-order valence-corrected chi connectivity index (χ4v) is 2.10. The molecule has 6 nitrogen and oxygen atoms in total. The average Bonchev–Trinajstić information content (AvgIpc) is 2.66. The normalized spacial score (nSPS) is 22.6. The number of H-pyrrole nitrogens is 1. The second-order valence-corrected chi connectivity index (χ2v) is 3.94. The number of rotatable bonds is 2. The van der Waals surface area contributed by atoms with Gasteiger partial charge in [-0.3, -0.25) is 4.79 Å². The molecule has 1 aliphatic heterocycles. The van der Waals surface area contributed by atoms with Crippen LogP contribution in [0.4, 0.5) is 0 Å². The molecule has 1 aromatic rings. The number of nitrogens with one attached hydrogen (secondary N) is 1. The van der Waals surface area contributed by atoms with Gasteiger partial charge in [0.1, 0.15) is 0 Å². The van der Waals surface area contributed by atoms with Crippen LogP contribution in [0.1, 0.15) is 24.4 Å². The maximum Gasteiger partial charge on any atom is 0.346 e.